The van der Waals surface area contributed by atoms with Crippen LogP contribution in [0.1, 0.15) is 17.5 Å². The van der Waals surface area contributed by atoms with E-state index in [1.165, 1.54) is 11.0 Å². The SMILES string of the molecule is CN1CCN(C(=O)N(Cc2ccc(C3=NN=C(C(F)F)C3)cc2F)c2cccc(Cl)c2)CC1. The minimum absolute atomic E-state index is 0.0110. The summed E-state index contributed by atoms with van der Waals surface area (Å²) in [6.45, 7) is 2.63. The molecule has 0 bridgehead atoms. The van der Waals surface area contributed by atoms with E-state index in [1.54, 1.807) is 41.3 Å². The van der Waals surface area contributed by atoms with Crippen LogP contribution in [0.4, 0.5) is 23.7 Å². The summed E-state index contributed by atoms with van der Waals surface area (Å²) in [5.74, 6) is -0.557. The highest BCUT2D eigenvalue weighted by Crippen LogP contribution is 2.25. The van der Waals surface area contributed by atoms with Gasteiger partial charge in [-0.1, -0.05) is 29.8 Å². The number of likely N-dealkylation sites (N-methyl/N-ethyl adjacent to an activating group) is 1. The fraction of sp³-hybridized carbons (Fsp3) is 0.348. The van der Waals surface area contributed by atoms with E-state index in [9.17, 15) is 13.6 Å². The second kappa shape index (κ2) is 9.93. The number of carbonyl (C=O) groups excluding carboxylic acids is 1. The van der Waals surface area contributed by atoms with Crippen LogP contribution < -0.4 is 4.90 Å². The van der Waals surface area contributed by atoms with E-state index in [0.717, 1.165) is 13.1 Å². The molecule has 2 aromatic rings. The van der Waals surface area contributed by atoms with Crippen LogP contribution in [0.3, 0.4) is 0 Å². The summed E-state index contributed by atoms with van der Waals surface area (Å²) in [7, 11) is 2.00. The second-order valence-corrected chi connectivity index (χ2v) is 8.50. The summed E-state index contributed by atoms with van der Waals surface area (Å²) in [5, 5.41) is 7.71. The molecule has 2 aliphatic rings. The molecule has 10 heteroatoms. The van der Waals surface area contributed by atoms with Crippen LogP contribution in [0.5, 0.6) is 0 Å². The molecule has 0 saturated carbocycles. The van der Waals surface area contributed by atoms with Gasteiger partial charge in [-0.25, -0.2) is 18.0 Å². The molecule has 33 heavy (non-hydrogen) atoms. The van der Waals surface area contributed by atoms with Crippen molar-refractivity contribution in [2.45, 2.75) is 19.4 Å². The summed E-state index contributed by atoms with van der Waals surface area (Å²) in [5.41, 5.74) is 1.19. The van der Waals surface area contributed by atoms with Crippen LogP contribution >= 0.6 is 11.6 Å². The zero-order chi connectivity index (χ0) is 23.5. The van der Waals surface area contributed by atoms with Gasteiger partial charge in [0.2, 0.25) is 0 Å². The maximum atomic E-state index is 15.0. The normalized spacial score (nSPS) is 16.7. The first-order chi connectivity index (χ1) is 15.8. The van der Waals surface area contributed by atoms with Gasteiger partial charge in [0.1, 0.15) is 11.5 Å². The molecule has 1 saturated heterocycles. The number of nitrogens with zero attached hydrogens (tertiary/aromatic N) is 5. The van der Waals surface area contributed by atoms with E-state index in [1.807, 2.05) is 7.05 Å². The molecule has 2 heterocycles. The first kappa shape index (κ1) is 23.3. The Labute approximate surface area is 194 Å². The molecule has 0 atom stereocenters. The third-order valence-electron chi connectivity index (χ3n) is 5.74. The molecular weight excluding hydrogens is 455 g/mol. The molecule has 0 spiro atoms. The summed E-state index contributed by atoms with van der Waals surface area (Å²) >= 11 is 6.15. The zero-order valence-corrected chi connectivity index (χ0v) is 18.8. The number of carbonyl (C=O) groups is 1. The Hall–Kier alpha value is -2.91. The minimum Gasteiger partial charge on any atom is -0.322 e. The lowest BCUT2D eigenvalue weighted by Crippen LogP contribution is -2.52. The standard InChI is InChI=1S/C23H23ClF3N5O/c1-30-7-9-31(10-8-30)23(33)32(18-4-2-3-17(24)12-18)14-16-6-5-15(11-19(16)25)20-13-21(22(26)27)29-28-20/h2-6,11-12,22H,7-10,13-14H2,1H3. The zero-order valence-electron chi connectivity index (χ0n) is 18.0. The monoisotopic (exact) mass is 477 g/mol. The smallest absolute Gasteiger partial charge is 0.322 e. The van der Waals surface area contributed by atoms with Crippen molar-refractivity contribution in [3.05, 3.63) is 64.4 Å². The summed E-state index contributed by atoms with van der Waals surface area (Å²) in [6.07, 6.45) is -2.81. The highest BCUT2D eigenvalue weighted by molar-refractivity contribution is 6.30. The van der Waals surface area contributed by atoms with Gasteiger partial charge in [-0.05, 0) is 31.3 Å². The van der Waals surface area contributed by atoms with Crippen molar-refractivity contribution < 1.29 is 18.0 Å². The van der Waals surface area contributed by atoms with E-state index in [-0.39, 0.29) is 36.0 Å². The quantitative estimate of drug-likeness (QED) is 0.628. The lowest BCUT2D eigenvalue weighted by atomic mass is 10.0. The molecule has 2 amide bonds. The average Bonchev–Trinajstić information content (AvgIpc) is 3.29. The van der Waals surface area contributed by atoms with Crippen molar-refractivity contribution in [1.29, 1.82) is 0 Å². The van der Waals surface area contributed by atoms with Crippen molar-refractivity contribution in [2.24, 2.45) is 10.2 Å². The number of urea groups is 1. The highest BCUT2D eigenvalue weighted by atomic mass is 35.5. The molecule has 0 aromatic heterocycles. The second-order valence-electron chi connectivity index (χ2n) is 8.06. The van der Waals surface area contributed by atoms with Crippen LogP contribution in [-0.4, -0.2) is 66.9 Å². The molecule has 4 rings (SSSR count). The number of piperazine rings is 1. The Balaban J connectivity index is 1.56. The van der Waals surface area contributed by atoms with E-state index in [4.69, 9.17) is 11.6 Å². The Morgan fingerprint density at radius 2 is 1.88 bits per heavy atom. The predicted octanol–water partition coefficient (Wildman–Crippen LogP) is 4.67. The van der Waals surface area contributed by atoms with E-state index < -0.39 is 12.2 Å². The molecule has 0 N–H and O–H groups in total. The van der Waals surface area contributed by atoms with Crippen molar-refractivity contribution in [1.82, 2.24) is 9.80 Å². The maximum Gasteiger partial charge on any atom is 0.324 e. The number of halogens is 4. The summed E-state index contributed by atoms with van der Waals surface area (Å²) < 4.78 is 40.7. The Morgan fingerprint density at radius 3 is 2.52 bits per heavy atom. The third kappa shape index (κ3) is 5.36. The number of hydrogen-bond acceptors (Lipinski definition) is 4. The van der Waals surface area contributed by atoms with Crippen LogP contribution in [0, 0.1) is 5.82 Å². The van der Waals surface area contributed by atoms with Crippen molar-refractivity contribution >= 4 is 34.7 Å². The lowest BCUT2D eigenvalue weighted by molar-refractivity contribution is 0.159. The first-order valence-electron chi connectivity index (χ1n) is 10.5. The van der Waals surface area contributed by atoms with Crippen molar-refractivity contribution in [3.8, 4) is 0 Å². The first-order valence-corrected chi connectivity index (χ1v) is 10.9. The van der Waals surface area contributed by atoms with Gasteiger partial charge in [-0.2, -0.15) is 10.2 Å². The average molecular weight is 478 g/mol. The molecular formula is C23H23ClF3N5O. The number of hydrogen-bond donors (Lipinski definition) is 0. The van der Waals surface area contributed by atoms with Gasteiger partial charge in [0.15, 0.2) is 0 Å². The molecule has 1 fully saturated rings. The molecule has 0 aliphatic carbocycles. The van der Waals surface area contributed by atoms with Gasteiger partial charge >= 0.3 is 6.03 Å². The Kier molecular flexibility index (Phi) is 6.99. The van der Waals surface area contributed by atoms with Crippen molar-refractivity contribution in [3.63, 3.8) is 0 Å². The van der Waals surface area contributed by atoms with E-state index >= 15 is 4.39 Å². The fourth-order valence-electron chi connectivity index (χ4n) is 3.75. The van der Waals surface area contributed by atoms with E-state index in [2.05, 4.69) is 15.1 Å². The van der Waals surface area contributed by atoms with Crippen LogP contribution in [0.25, 0.3) is 0 Å². The number of anilines is 1. The fourth-order valence-corrected chi connectivity index (χ4v) is 3.94. The lowest BCUT2D eigenvalue weighted by Gasteiger charge is -2.36. The minimum atomic E-state index is -2.69. The van der Waals surface area contributed by atoms with Gasteiger partial charge in [0.05, 0.1) is 12.3 Å². The molecule has 174 valence electrons. The van der Waals surface area contributed by atoms with Crippen molar-refractivity contribution in [2.75, 3.05) is 38.1 Å². The summed E-state index contributed by atoms with van der Waals surface area (Å²) in [6, 6.07) is 11.0. The van der Waals surface area contributed by atoms with Crippen LogP contribution in [0.2, 0.25) is 5.02 Å². The highest BCUT2D eigenvalue weighted by Gasteiger charge is 2.27. The molecule has 0 radical (unpaired) electrons. The van der Waals surface area contributed by atoms with Gasteiger partial charge in [-0.15, -0.1) is 0 Å². The van der Waals surface area contributed by atoms with Gasteiger partial charge in [0, 0.05) is 54.4 Å². The van der Waals surface area contributed by atoms with E-state index in [0.29, 0.717) is 29.4 Å². The van der Waals surface area contributed by atoms with Crippen LogP contribution in [0.15, 0.2) is 52.7 Å². The number of amides is 2. The maximum absolute atomic E-state index is 15.0. The van der Waals surface area contributed by atoms with Gasteiger partial charge < -0.3 is 9.80 Å². The Morgan fingerprint density at radius 1 is 1.12 bits per heavy atom. The molecule has 2 aliphatic heterocycles. The van der Waals surface area contributed by atoms with Gasteiger partial charge in [0.25, 0.3) is 6.43 Å². The summed E-state index contributed by atoms with van der Waals surface area (Å²) in [4.78, 5) is 18.8. The van der Waals surface area contributed by atoms with Gasteiger partial charge in [-0.3, -0.25) is 4.90 Å². The predicted molar refractivity (Wildman–Crippen MR) is 123 cm³/mol. The Bertz CT molecular complexity index is 1100. The number of benzene rings is 2. The molecule has 2 aromatic carbocycles. The third-order valence-corrected chi connectivity index (χ3v) is 5.97. The topological polar surface area (TPSA) is 51.5 Å². The number of rotatable bonds is 5. The van der Waals surface area contributed by atoms with Crippen LogP contribution in [-0.2, 0) is 6.54 Å². The molecule has 6 nitrogen and oxygen atoms in total. The largest absolute Gasteiger partial charge is 0.324 e. The molecule has 0 unspecified atom stereocenters. The number of alkyl halides is 2.